The summed E-state index contributed by atoms with van der Waals surface area (Å²) >= 11 is 0. The van der Waals surface area contributed by atoms with Crippen LogP contribution in [0.3, 0.4) is 0 Å². The molecule has 2 nitrogen and oxygen atoms in total. The van der Waals surface area contributed by atoms with E-state index < -0.39 is 6.10 Å². The number of hydrogen-bond acceptors (Lipinski definition) is 2. The van der Waals surface area contributed by atoms with Crippen LogP contribution < -0.4 is 0 Å². The standard InChI is InChI=1S/C16H13NO/c18-16(15-6-3-9-17-11-15)14-8-7-12-4-1-2-5-13(12)10-14/h1-11,16,18H/t16-/m0/s1. The second kappa shape index (κ2) is 4.59. The van der Waals surface area contributed by atoms with Crippen LogP contribution >= 0.6 is 0 Å². The van der Waals surface area contributed by atoms with Crippen molar-refractivity contribution in [2.75, 3.05) is 0 Å². The van der Waals surface area contributed by atoms with Gasteiger partial charge in [-0.25, -0.2) is 0 Å². The number of aliphatic hydroxyl groups is 1. The third kappa shape index (κ3) is 1.98. The van der Waals surface area contributed by atoms with Gasteiger partial charge in [-0.05, 0) is 28.5 Å². The van der Waals surface area contributed by atoms with Gasteiger partial charge in [-0.3, -0.25) is 4.98 Å². The maximum atomic E-state index is 10.3. The molecule has 2 aromatic carbocycles. The molecule has 0 aliphatic carbocycles. The Morgan fingerprint density at radius 1 is 0.833 bits per heavy atom. The lowest BCUT2D eigenvalue weighted by Crippen LogP contribution is -1.99. The van der Waals surface area contributed by atoms with E-state index in [4.69, 9.17) is 0 Å². The second-order valence-corrected chi connectivity index (χ2v) is 4.30. The monoisotopic (exact) mass is 235 g/mol. The molecule has 0 amide bonds. The number of aromatic nitrogens is 1. The molecule has 1 heterocycles. The van der Waals surface area contributed by atoms with E-state index in [1.165, 1.54) is 5.39 Å². The van der Waals surface area contributed by atoms with E-state index in [9.17, 15) is 5.11 Å². The predicted molar refractivity (Wildman–Crippen MR) is 72.2 cm³/mol. The Kier molecular flexibility index (Phi) is 2.79. The Labute approximate surface area is 106 Å². The molecule has 18 heavy (non-hydrogen) atoms. The molecule has 0 saturated carbocycles. The first-order valence-corrected chi connectivity index (χ1v) is 5.91. The number of fused-ring (bicyclic) bond motifs is 1. The minimum atomic E-state index is -0.622. The molecule has 88 valence electrons. The first kappa shape index (κ1) is 10.9. The van der Waals surface area contributed by atoms with E-state index in [2.05, 4.69) is 17.1 Å². The van der Waals surface area contributed by atoms with Gasteiger partial charge in [-0.1, -0.05) is 42.5 Å². The molecule has 0 radical (unpaired) electrons. The number of benzene rings is 2. The van der Waals surface area contributed by atoms with E-state index in [-0.39, 0.29) is 0 Å². The summed E-state index contributed by atoms with van der Waals surface area (Å²) in [5, 5.41) is 12.6. The van der Waals surface area contributed by atoms with Crippen molar-refractivity contribution in [1.82, 2.24) is 4.98 Å². The first-order chi connectivity index (χ1) is 8.84. The quantitative estimate of drug-likeness (QED) is 0.739. The zero-order valence-electron chi connectivity index (χ0n) is 9.82. The summed E-state index contributed by atoms with van der Waals surface area (Å²) in [6, 6.07) is 17.9. The number of aliphatic hydroxyl groups excluding tert-OH is 1. The Balaban J connectivity index is 2.04. The highest BCUT2D eigenvalue weighted by Gasteiger charge is 2.10. The van der Waals surface area contributed by atoms with Crippen molar-refractivity contribution in [3.8, 4) is 0 Å². The Hall–Kier alpha value is -2.19. The van der Waals surface area contributed by atoms with Gasteiger partial charge in [-0.2, -0.15) is 0 Å². The summed E-state index contributed by atoms with van der Waals surface area (Å²) in [5.41, 5.74) is 1.70. The molecule has 0 unspecified atom stereocenters. The minimum Gasteiger partial charge on any atom is -0.384 e. The van der Waals surface area contributed by atoms with Crippen molar-refractivity contribution in [2.45, 2.75) is 6.10 Å². The van der Waals surface area contributed by atoms with Crippen molar-refractivity contribution >= 4 is 10.8 Å². The summed E-state index contributed by atoms with van der Waals surface area (Å²) < 4.78 is 0. The summed E-state index contributed by atoms with van der Waals surface area (Å²) in [4.78, 5) is 4.03. The smallest absolute Gasteiger partial charge is 0.106 e. The van der Waals surface area contributed by atoms with Crippen LogP contribution in [0.5, 0.6) is 0 Å². The molecule has 3 rings (SSSR count). The van der Waals surface area contributed by atoms with Crippen LogP contribution in [0.25, 0.3) is 10.8 Å². The topological polar surface area (TPSA) is 33.1 Å². The lowest BCUT2D eigenvalue weighted by molar-refractivity contribution is 0.220. The van der Waals surface area contributed by atoms with Gasteiger partial charge in [0.15, 0.2) is 0 Å². The third-order valence-electron chi connectivity index (χ3n) is 3.09. The van der Waals surface area contributed by atoms with Gasteiger partial charge in [0.25, 0.3) is 0 Å². The fourth-order valence-electron chi connectivity index (χ4n) is 2.11. The summed E-state index contributed by atoms with van der Waals surface area (Å²) in [6.07, 6.45) is 2.78. The van der Waals surface area contributed by atoms with Gasteiger partial charge < -0.3 is 5.11 Å². The molecule has 0 fully saturated rings. The van der Waals surface area contributed by atoms with Gasteiger partial charge in [0.05, 0.1) is 0 Å². The Morgan fingerprint density at radius 3 is 2.44 bits per heavy atom. The van der Waals surface area contributed by atoms with Gasteiger partial charge in [0, 0.05) is 18.0 Å². The van der Waals surface area contributed by atoms with Crippen molar-refractivity contribution in [1.29, 1.82) is 0 Å². The van der Waals surface area contributed by atoms with Gasteiger partial charge in [-0.15, -0.1) is 0 Å². The summed E-state index contributed by atoms with van der Waals surface area (Å²) in [5.74, 6) is 0. The SMILES string of the molecule is O[C@H](c1cccnc1)c1ccc2ccccc2c1. The van der Waals surface area contributed by atoms with E-state index in [1.54, 1.807) is 12.4 Å². The normalized spacial score (nSPS) is 12.5. The van der Waals surface area contributed by atoms with Crippen molar-refractivity contribution < 1.29 is 5.11 Å². The fraction of sp³-hybridized carbons (Fsp3) is 0.0625. The van der Waals surface area contributed by atoms with Crippen molar-refractivity contribution in [2.24, 2.45) is 0 Å². The highest BCUT2D eigenvalue weighted by atomic mass is 16.3. The molecule has 1 aromatic heterocycles. The van der Waals surface area contributed by atoms with Gasteiger partial charge in [0.2, 0.25) is 0 Å². The third-order valence-corrected chi connectivity index (χ3v) is 3.09. The van der Waals surface area contributed by atoms with E-state index in [0.717, 1.165) is 16.5 Å². The van der Waals surface area contributed by atoms with Crippen LogP contribution in [-0.2, 0) is 0 Å². The van der Waals surface area contributed by atoms with Crippen LogP contribution in [0.1, 0.15) is 17.2 Å². The van der Waals surface area contributed by atoms with E-state index in [1.807, 2.05) is 42.5 Å². The molecule has 1 atom stereocenters. The number of rotatable bonds is 2. The molecule has 2 heteroatoms. The van der Waals surface area contributed by atoms with Crippen LogP contribution in [0.4, 0.5) is 0 Å². The highest BCUT2D eigenvalue weighted by molar-refractivity contribution is 5.83. The van der Waals surface area contributed by atoms with E-state index in [0.29, 0.717) is 0 Å². The molecular formula is C16H13NO. The lowest BCUT2D eigenvalue weighted by atomic mass is 10.00. The van der Waals surface area contributed by atoms with E-state index >= 15 is 0 Å². The summed E-state index contributed by atoms with van der Waals surface area (Å²) in [6.45, 7) is 0. The first-order valence-electron chi connectivity index (χ1n) is 5.91. The zero-order chi connectivity index (χ0) is 12.4. The minimum absolute atomic E-state index is 0.622. The van der Waals surface area contributed by atoms with Crippen LogP contribution in [-0.4, -0.2) is 10.1 Å². The van der Waals surface area contributed by atoms with Crippen LogP contribution in [0.15, 0.2) is 67.0 Å². The molecule has 1 N–H and O–H groups in total. The number of nitrogens with zero attached hydrogens (tertiary/aromatic N) is 1. The van der Waals surface area contributed by atoms with Gasteiger partial charge in [0.1, 0.15) is 6.10 Å². The lowest BCUT2D eigenvalue weighted by Gasteiger charge is -2.11. The molecule has 0 bridgehead atoms. The van der Waals surface area contributed by atoms with Crippen molar-refractivity contribution in [3.05, 3.63) is 78.1 Å². The Morgan fingerprint density at radius 2 is 1.67 bits per heavy atom. The summed E-state index contributed by atoms with van der Waals surface area (Å²) in [7, 11) is 0. The van der Waals surface area contributed by atoms with Gasteiger partial charge >= 0.3 is 0 Å². The molecule has 0 spiro atoms. The maximum Gasteiger partial charge on any atom is 0.106 e. The maximum absolute atomic E-state index is 10.3. The van der Waals surface area contributed by atoms with Crippen LogP contribution in [0.2, 0.25) is 0 Å². The highest BCUT2D eigenvalue weighted by Crippen LogP contribution is 2.24. The fourth-order valence-corrected chi connectivity index (χ4v) is 2.11. The zero-order valence-corrected chi connectivity index (χ0v) is 9.82. The predicted octanol–water partition coefficient (Wildman–Crippen LogP) is 3.32. The number of hydrogen-bond donors (Lipinski definition) is 1. The molecular weight excluding hydrogens is 222 g/mol. The molecule has 3 aromatic rings. The van der Waals surface area contributed by atoms with Crippen LogP contribution in [0, 0.1) is 0 Å². The largest absolute Gasteiger partial charge is 0.384 e. The molecule has 0 aliphatic heterocycles. The average molecular weight is 235 g/mol. The second-order valence-electron chi connectivity index (χ2n) is 4.30. The van der Waals surface area contributed by atoms with Crippen molar-refractivity contribution in [3.63, 3.8) is 0 Å². The Bertz CT molecular complexity index is 664. The number of pyridine rings is 1. The molecule has 0 aliphatic rings. The molecule has 0 saturated heterocycles. The average Bonchev–Trinajstić information content (AvgIpc) is 2.47.